The molecule has 1 atom stereocenters. The fraction of sp³-hybridized carbons (Fsp3) is 0.818. The highest BCUT2D eigenvalue weighted by Crippen LogP contribution is 2.39. The zero-order chi connectivity index (χ0) is 12.6. The first kappa shape index (κ1) is 12.8. The van der Waals surface area contributed by atoms with Crippen molar-refractivity contribution in [1.82, 2.24) is 5.32 Å². The summed E-state index contributed by atoms with van der Waals surface area (Å²) in [5, 5.41) is 11.6. The van der Waals surface area contributed by atoms with Crippen molar-refractivity contribution in [2.24, 2.45) is 5.92 Å². The summed E-state index contributed by atoms with van der Waals surface area (Å²) >= 11 is 0. The predicted octanol–water partition coefficient (Wildman–Crippen LogP) is 1.76. The fourth-order valence-electron chi connectivity index (χ4n) is 1.51. The number of nitrogens with one attached hydrogen (secondary N) is 1. The van der Waals surface area contributed by atoms with Crippen LogP contribution in [-0.2, 0) is 9.53 Å². The van der Waals surface area contributed by atoms with Gasteiger partial charge in [0.05, 0.1) is 0 Å². The highest BCUT2D eigenvalue weighted by atomic mass is 16.6. The number of hydrogen-bond acceptors (Lipinski definition) is 3. The van der Waals surface area contributed by atoms with Crippen LogP contribution in [0.25, 0.3) is 0 Å². The number of rotatable bonds is 3. The summed E-state index contributed by atoms with van der Waals surface area (Å²) < 4.78 is 5.05. The van der Waals surface area contributed by atoms with E-state index in [1.54, 1.807) is 20.8 Å². The van der Waals surface area contributed by atoms with E-state index in [4.69, 9.17) is 9.84 Å². The normalized spacial score (nSPS) is 19.8. The third-order valence-electron chi connectivity index (χ3n) is 2.60. The highest BCUT2D eigenvalue weighted by Gasteiger charge is 2.49. The second kappa shape index (κ2) is 3.96. The van der Waals surface area contributed by atoms with E-state index < -0.39 is 23.2 Å². The molecular weight excluding hydrogens is 210 g/mol. The van der Waals surface area contributed by atoms with Crippen LogP contribution >= 0.6 is 0 Å². The molecule has 0 aliphatic heterocycles. The SMILES string of the molecule is CC(C)(C)OC(=O)N[C@](C)(C(=O)O)C1CC1. The minimum absolute atomic E-state index is 0.0116. The maximum absolute atomic E-state index is 11.5. The summed E-state index contributed by atoms with van der Waals surface area (Å²) in [6.07, 6.45) is 0.987. The molecule has 0 aromatic carbocycles. The van der Waals surface area contributed by atoms with Gasteiger partial charge in [0.25, 0.3) is 0 Å². The second-order valence-electron chi connectivity index (χ2n) is 5.41. The van der Waals surface area contributed by atoms with Gasteiger partial charge in [0.2, 0.25) is 0 Å². The van der Waals surface area contributed by atoms with E-state index in [-0.39, 0.29) is 5.92 Å². The van der Waals surface area contributed by atoms with Crippen molar-refractivity contribution in [1.29, 1.82) is 0 Å². The first-order valence-corrected chi connectivity index (χ1v) is 5.40. The average Bonchev–Trinajstić information content (AvgIpc) is 2.80. The Hall–Kier alpha value is -1.26. The van der Waals surface area contributed by atoms with Gasteiger partial charge in [-0.3, -0.25) is 0 Å². The maximum atomic E-state index is 11.5. The Labute approximate surface area is 95.2 Å². The van der Waals surface area contributed by atoms with E-state index in [0.29, 0.717) is 0 Å². The maximum Gasteiger partial charge on any atom is 0.408 e. The molecule has 1 saturated carbocycles. The molecule has 0 spiro atoms. The van der Waals surface area contributed by atoms with E-state index in [9.17, 15) is 9.59 Å². The van der Waals surface area contributed by atoms with Gasteiger partial charge in [0.15, 0.2) is 0 Å². The molecule has 0 aromatic heterocycles. The molecule has 1 aliphatic rings. The number of hydrogen-bond donors (Lipinski definition) is 2. The minimum Gasteiger partial charge on any atom is -0.480 e. The summed E-state index contributed by atoms with van der Waals surface area (Å²) in [5.74, 6) is -1.00. The minimum atomic E-state index is -1.21. The second-order valence-corrected chi connectivity index (χ2v) is 5.41. The van der Waals surface area contributed by atoms with E-state index in [2.05, 4.69) is 5.32 Å². The molecule has 5 nitrogen and oxygen atoms in total. The molecule has 1 rings (SSSR count). The number of alkyl carbamates (subject to hydrolysis) is 1. The summed E-state index contributed by atoms with van der Waals surface area (Å²) in [6, 6.07) is 0. The molecule has 1 aliphatic carbocycles. The van der Waals surface area contributed by atoms with Crippen LogP contribution in [0.1, 0.15) is 40.5 Å². The molecule has 0 radical (unpaired) electrons. The molecule has 0 unspecified atom stereocenters. The first-order chi connectivity index (χ1) is 7.15. The third kappa shape index (κ3) is 3.12. The van der Waals surface area contributed by atoms with E-state index in [1.807, 2.05) is 0 Å². The van der Waals surface area contributed by atoms with Crippen molar-refractivity contribution in [2.45, 2.75) is 51.7 Å². The van der Waals surface area contributed by atoms with E-state index in [1.165, 1.54) is 6.92 Å². The average molecular weight is 229 g/mol. The van der Waals surface area contributed by atoms with Gasteiger partial charge < -0.3 is 15.2 Å². The van der Waals surface area contributed by atoms with Gasteiger partial charge in [-0.2, -0.15) is 0 Å². The van der Waals surface area contributed by atoms with Gasteiger partial charge in [0, 0.05) is 0 Å². The van der Waals surface area contributed by atoms with Crippen LogP contribution in [0.5, 0.6) is 0 Å². The van der Waals surface area contributed by atoms with Crippen LogP contribution in [0.4, 0.5) is 4.79 Å². The summed E-state index contributed by atoms with van der Waals surface area (Å²) in [7, 11) is 0. The summed E-state index contributed by atoms with van der Waals surface area (Å²) in [4.78, 5) is 22.6. The van der Waals surface area contributed by atoms with Crippen LogP contribution in [0, 0.1) is 5.92 Å². The van der Waals surface area contributed by atoms with Gasteiger partial charge in [-0.25, -0.2) is 9.59 Å². The van der Waals surface area contributed by atoms with Gasteiger partial charge in [-0.05, 0) is 46.5 Å². The predicted molar refractivity (Wildman–Crippen MR) is 58.1 cm³/mol. The first-order valence-electron chi connectivity index (χ1n) is 5.40. The molecular formula is C11H19NO4. The van der Waals surface area contributed by atoms with Crippen molar-refractivity contribution in [3.8, 4) is 0 Å². The van der Waals surface area contributed by atoms with Crippen LogP contribution in [-0.4, -0.2) is 28.3 Å². The van der Waals surface area contributed by atoms with Crippen molar-refractivity contribution < 1.29 is 19.4 Å². The molecule has 16 heavy (non-hydrogen) atoms. The van der Waals surface area contributed by atoms with E-state index >= 15 is 0 Å². The lowest BCUT2D eigenvalue weighted by Gasteiger charge is -2.28. The number of carboxylic acid groups (broad SMARTS) is 1. The molecule has 0 saturated heterocycles. The van der Waals surface area contributed by atoms with E-state index in [0.717, 1.165) is 12.8 Å². The number of aliphatic carboxylic acids is 1. The van der Waals surface area contributed by atoms with Crippen molar-refractivity contribution in [3.05, 3.63) is 0 Å². The number of ether oxygens (including phenoxy) is 1. The lowest BCUT2D eigenvalue weighted by Crippen LogP contribution is -2.55. The molecule has 0 aromatic rings. The molecule has 92 valence electrons. The number of amides is 1. The largest absolute Gasteiger partial charge is 0.480 e. The van der Waals surface area contributed by atoms with Crippen LogP contribution in [0.2, 0.25) is 0 Å². The molecule has 0 bridgehead atoms. The Morgan fingerprint density at radius 1 is 1.25 bits per heavy atom. The van der Waals surface area contributed by atoms with Gasteiger partial charge in [-0.15, -0.1) is 0 Å². The fourth-order valence-corrected chi connectivity index (χ4v) is 1.51. The van der Waals surface area contributed by atoms with Crippen LogP contribution in [0.15, 0.2) is 0 Å². The monoisotopic (exact) mass is 229 g/mol. The Kier molecular flexibility index (Phi) is 3.17. The van der Waals surface area contributed by atoms with Crippen molar-refractivity contribution in [2.75, 3.05) is 0 Å². The topological polar surface area (TPSA) is 75.6 Å². The lowest BCUT2D eigenvalue weighted by atomic mass is 9.96. The standard InChI is InChI=1S/C11H19NO4/c1-10(2,3)16-9(15)12-11(4,8(13)14)7-5-6-7/h7H,5-6H2,1-4H3,(H,12,15)(H,13,14)/t11-/m0/s1. The number of carboxylic acids is 1. The van der Waals surface area contributed by atoms with Crippen LogP contribution in [0.3, 0.4) is 0 Å². The Balaban J connectivity index is 2.63. The quantitative estimate of drug-likeness (QED) is 0.773. The Morgan fingerprint density at radius 2 is 1.75 bits per heavy atom. The summed E-state index contributed by atoms with van der Waals surface area (Å²) in [6.45, 7) is 6.74. The lowest BCUT2D eigenvalue weighted by molar-refractivity contribution is -0.145. The highest BCUT2D eigenvalue weighted by molar-refractivity contribution is 5.84. The molecule has 2 N–H and O–H groups in total. The molecule has 5 heteroatoms. The number of carbonyl (C=O) groups excluding carboxylic acids is 1. The van der Waals surface area contributed by atoms with Crippen LogP contribution < -0.4 is 5.32 Å². The third-order valence-corrected chi connectivity index (χ3v) is 2.60. The zero-order valence-corrected chi connectivity index (χ0v) is 10.2. The summed E-state index contributed by atoms with van der Waals surface area (Å²) in [5.41, 5.74) is -1.82. The zero-order valence-electron chi connectivity index (χ0n) is 10.2. The Morgan fingerprint density at radius 3 is 2.06 bits per heavy atom. The number of carbonyl (C=O) groups is 2. The van der Waals surface area contributed by atoms with Crippen molar-refractivity contribution >= 4 is 12.1 Å². The smallest absolute Gasteiger partial charge is 0.408 e. The van der Waals surface area contributed by atoms with Crippen molar-refractivity contribution in [3.63, 3.8) is 0 Å². The van der Waals surface area contributed by atoms with Gasteiger partial charge >= 0.3 is 12.1 Å². The molecule has 1 fully saturated rings. The molecule has 1 amide bonds. The van der Waals surface area contributed by atoms with Gasteiger partial charge in [0.1, 0.15) is 11.1 Å². The van der Waals surface area contributed by atoms with Gasteiger partial charge in [-0.1, -0.05) is 0 Å². The Bertz CT molecular complexity index is 304. The molecule has 0 heterocycles.